The first-order chi connectivity index (χ1) is 9.98. The molecule has 1 aromatic carbocycles. The van der Waals surface area contributed by atoms with E-state index in [9.17, 15) is 9.59 Å². The van der Waals surface area contributed by atoms with Crippen LogP contribution in [0.3, 0.4) is 0 Å². The van der Waals surface area contributed by atoms with Crippen molar-refractivity contribution in [2.45, 2.75) is 19.3 Å². The number of benzene rings is 1. The van der Waals surface area contributed by atoms with Gasteiger partial charge in [-0.3, -0.25) is 14.9 Å². The molecule has 2 N–H and O–H groups in total. The Labute approximate surface area is 121 Å². The Kier molecular flexibility index (Phi) is 2.94. The zero-order valence-electron chi connectivity index (χ0n) is 11.7. The van der Waals surface area contributed by atoms with Gasteiger partial charge in [-0.15, -0.1) is 0 Å². The Morgan fingerprint density at radius 2 is 1.95 bits per heavy atom. The van der Waals surface area contributed by atoms with Crippen molar-refractivity contribution in [1.29, 1.82) is 0 Å². The summed E-state index contributed by atoms with van der Waals surface area (Å²) >= 11 is 0. The van der Waals surface area contributed by atoms with Crippen LogP contribution in [0.5, 0.6) is 0 Å². The lowest BCUT2D eigenvalue weighted by Gasteiger charge is -2.15. The third kappa shape index (κ3) is 2.24. The molecule has 1 aromatic heterocycles. The van der Waals surface area contributed by atoms with Crippen LogP contribution in [0.1, 0.15) is 29.8 Å². The number of hydrogen-bond acceptors (Lipinski definition) is 4. The van der Waals surface area contributed by atoms with Crippen LogP contribution in [0.25, 0.3) is 0 Å². The van der Waals surface area contributed by atoms with Gasteiger partial charge < -0.3 is 5.32 Å². The molecule has 0 bridgehead atoms. The Morgan fingerprint density at radius 3 is 2.67 bits per heavy atom. The fraction of sp³-hybridized carbons (Fsp3) is 0.200. The maximum Gasteiger partial charge on any atom is 0.258 e. The number of nitrogens with zero attached hydrogens (tertiary/aromatic N) is 2. The van der Waals surface area contributed by atoms with E-state index in [-0.39, 0.29) is 17.8 Å². The van der Waals surface area contributed by atoms with Crippen LogP contribution in [-0.2, 0) is 10.2 Å². The molecule has 2 amide bonds. The highest BCUT2D eigenvalue weighted by atomic mass is 16.2. The van der Waals surface area contributed by atoms with Crippen LogP contribution in [0.4, 0.5) is 11.6 Å². The van der Waals surface area contributed by atoms with Crippen molar-refractivity contribution in [3.63, 3.8) is 0 Å². The van der Waals surface area contributed by atoms with Gasteiger partial charge in [0.15, 0.2) is 0 Å². The van der Waals surface area contributed by atoms with E-state index in [1.807, 2.05) is 13.8 Å². The van der Waals surface area contributed by atoms with Crippen molar-refractivity contribution in [2.75, 3.05) is 10.6 Å². The van der Waals surface area contributed by atoms with Gasteiger partial charge in [0.25, 0.3) is 5.91 Å². The van der Waals surface area contributed by atoms with E-state index in [1.165, 1.54) is 0 Å². The van der Waals surface area contributed by atoms with Gasteiger partial charge >= 0.3 is 0 Å². The summed E-state index contributed by atoms with van der Waals surface area (Å²) in [6.07, 6.45) is 3.11. The number of nitrogens with one attached hydrogen (secondary N) is 2. The average molecular weight is 282 g/mol. The molecule has 0 saturated heterocycles. The third-order valence-corrected chi connectivity index (χ3v) is 3.56. The molecule has 0 fully saturated rings. The molecule has 21 heavy (non-hydrogen) atoms. The van der Waals surface area contributed by atoms with Gasteiger partial charge in [-0.1, -0.05) is 0 Å². The maximum absolute atomic E-state index is 12.2. The number of aromatic nitrogens is 2. The molecule has 1 aliphatic rings. The quantitative estimate of drug-likeness (QED) is 0.882. The largest absolute Gasteiger partial charge is 0.325 e. The predicted molar refractivity (Wildman–Crippen MR) is 78.1 cm³/mol. The summed E-state index contributed by atoms with van der Waals surface area (Å²) in [4.78, 5) is 32.0. The lowest BCUT2D eigenvalue weighted by atomic mass is 9.85. The Balaban J connectivity index is 1.90. The molecule has 2 heterocycles. The van der Waals surface area contributed by atoms with Gasteiger partial charge in [0.2, 0.25) is 11.9 Å². The molecule has 2 aromatic rings. The molecule has 0 spiro atoms. The molecule has 0 radical (unpaired) electrons. The van der Waals surface area contributed by atoms with E-state index in [0.29, 0.717) is 5.56 Å². The smallest absolute Gasteiger partial charge is 0.258 e. The number of amides is 2. The number of carbonyl (C=O) groups is 2. The first kappa shape index (κ1) is 13.2. The Hall–Kier alpha value is -2.76. The predicted octanol–water partition coefficient (Wildman–Crippen LogP) is 1.96. The monoisotopic (exact) mass is 282 g/mol. The van der Waals surface area contributed by atoms with Crippen LogP contribution in [0.15, 0.2) is 36.7 Å². The first-order valence-electron chi connectivity index (χ1n) is 6.53. The molecule has 6 nitrogen and oxygen atoms in total. The molecule has 3 rings (SSSR count). The Bertz CT molecular complexity index is 726. The highest BCUT2D eigenvalue weighted by Crippen LogP contribution is 2.37. The zero-order valence-corrected chi connectivity index (χ0v) is 11.7. The average Bonchev–Trinajstić information content (AvgIpc) is 2.70. The van der Waals surface area contributed by atoms with Crippen LogP contribution in [0, 0.1) is 0 Å². The minimum absolute atomic E-state index is 0.0681. The summed E-state index contributed by atoms with van der Waals surface area (Å²) in [5, 5.41) is 5.43. The van der Waals surface area contributed by atoms with Crippen LogP contribution in [-0.4, -0.2) is 21.8 Å². The highest BCUT2D eigenvalue weighted by Gasteiger charge is 2.38. The standard InChI is InChI=1S/C15H14N4O2/c1-15(2)10-8-9(4-5-11(10)18-13(15)21)12(20)19-14-16-6-3-7-17-14/h3-8H,1-2H3,(H,18,21)(H,16,17,19,20). The van der Waals surface area contributed by atoms with Crippen molar-refractivity contribution in [3.8, 4) is 0 Å². The van der Waals surface area contributed by atoms with Gasteiger partial charge in [-0.05, 0) is 43.7 Å². The molecule has 1 aliphatic heterocycles. The van der Waals surface area contributed by atoms with Gasteiger partial charge in [0.1, 0.15) is 0 Å². The lowest BCUT2D eigenvalue weighted by molar-refractivity contribution is -0.119. The van der Waals surface area contributed by atoms with Crippen molar-refractivity contribution < 1.29 is 9.59 Å². The third-order valence-electron chi connectivity index (χ3n) is 3.56. The SMILES string of the molecule is CC1(C)C(=O)Nc2ccc(C(=O)Nc3ncccn3)cc21. The Morgan fingerprint density at radius 1 is 1.24 bits per heavy atom. The second kappa shape index (κ2) is 4.66. The summed E-state index contributed by atoms with van der Waals surface area (Å²) in [7, 11) is 0. The summed E-state index contributed by atoms with van der Waals surface area (Å²) in [5.74, 6) is -0.128. The fourth-order valence-electron chi connectivity index (χ4n) is 2.25. The van der Waals surface area contributed by atoms with Crippen LogP contribution in [0.2, 0.25) is 0 Å². The van der Waals surface area contributed by atoms with Gasteiger partial charge in [-0.2, -0.15) is 0 Å². The van der Waals surface area contributed by atoms with E-state index >= 15 is 0 Å². The molecule has 0 atom stereocenters. The van der Waals surface area contributed by atoms with Gasteiger partial charge in [-0.25, -0.2) is 9.97 Å². The number of hydrogen-bond donors (Lipinski definition) is 2. The topological polar surface area (TPSA) is 84.0 Å². The molecule has 0 aliphatic carbocycles. The molecular formula is C15H14N4O2. The fourth-order valence-corrected chi connectivity index (χ4v) is 2.25. The normalized spacial score (nSPS) is 15.2. The lowest BCUT2D eigenvalue weighted by Crippen LogP contribution is -2.27. The van der Waals surface area contributed by atoms with Crippen molar-refractivity contribution in [1.82, 2.24) is 9.97 Å². The van der Waals surface area contributed by atoms with E-state index in [4.69, 9.17) is 0 Å². The number of anilines is 2. The second-order valence-corrected chi connectivity index (χ2v) is 5.37. The summed E-state index contributed by atoms with van der Waals surface area (Å²) in [6, 6.07) is 6.80. The van der Waals surface area contributed by atoms with Gasteiger partial charge in [0.05, 0.1) is 5.41 Å². The van der Waals surface area contributed by atoms with Crippen molar-refractivity contribution in [3.05, 3.63) is 47.8 Å². The van der Waals surface area contributed by atoms with E-state index in [2.05, 4.69) is 20.6 Å². The number of fused-ring (bicyclic) bond motifs is 1. The summed E-state index contributed by atoms with van der Waals surface area (Å²) in [6.45, 7) is 3.66. The van der Waals surface area contributed by atoms with E-state index in [0.717, 1.165) is 11.3 Å². The van der Waals surface area contributed by atoms with Crippen molar-refractivity contribution in [2.24, 2.45) is 0 Å². The number of carbonyl (C=O) groups excluding carboxylic acids is 2. The highest BCUT2D eigenvalue weighted by molar-refractivity contribution is 6.08. The molecular weight excluding hydrogens is 268 g/mol. The molecule has 6 heteroatoms. The summed E-state index contributed by atoms with van der Waals surface area (Å²) in [5.41, 5.74) is 1.38. The molecule has 0 saturated carbocycles. The van der Waals surface area contributed by atoms with Crippen LogP contribution >= 0.6 is 0 Å². The molecule has 106 valence electrons. The zero-order chi connectivity index (χ0) is 15.0. The van der Waals surface area contributed by atoms with Crippen molar-refractivity contribution >= 4 is 23.5 Å². The minimum Gasteiger partial charge on any atom is -0.325 e. The number of rotatable bonds is 2. The molecule has 0 unspecified atom stereocenters. The maximum atomic E-state index is 12.2. The summed E-state index contributed by atoms with van der Waals surface area (Å²) < 4.78 is 0. The van der Waals surface area contributed by atoms with Gasteiger partial charge in [0, 0.05) is 23.6 Å². The minimum atomic E-state index is -0.644. The van der Waals surface area contributed by atoms with Crippen LogP contribution < -0.4 is 10.6 Å². The second-order valence-electron chi connectivity index (χ2n) is 5.37. The van der Waals surface area contributed by atoms with E-state index in [1.54, 1.807) is 36.7 Å². The van der Waals surface area contributed by atoms with E-state index < -0.39 is 5.41 Å². The first-order valence-corrected chi connectivity index (χ1v) is 6.53.